The number of hydrogen-bond donors (Lipinski definition) is 0. The van der Waals surface area contributed by atoms with Crippen molar-refractivity contribution in [2.45, 2.75) is 52.4 Å². The molecule has 0 aromatic heterocycles. The van der Waals surface area contributed by atoms with E-state index >= 15 is 0 Å². The molecule has 21 heavy (non-hydrogen) atoms. The van der Waals surface area contributed by atoms with Gasteiger partial charge in [0, 0.05) is 24.2 Å². The fourth-order valence-corrected chi connectivity index (χ4v) is 1.99. The second kappa shape index (κ2) is 7.33. The molecule has 0 aliphatic heterocycles. The van der Waals surface area contributed by atoms with Crippen LogP contribution in [0.4, 0.5) is 18.9 Å². The first-order valence-electron chi connectivity index (χ1n) is 6.96. The van der Waals surface area contributed by atoms with E-state index in [0.29, 0.717) is 24.9 Å². The van der Waals surface area contributed by atoms with Crippen LogP contribution < -0.4 is 9.64 Å². The van der Waals surface area contributed by atoms with E-state index in [9.17, 15) is 18.0 Å². The number of rotatable bonds is 6. The van der Waals surface area contributed by atoms with Gasteiger partial charge in [0.1, 0.15) is 5.75 Å². The molecule has 0 bridgehead atoms. The second-order valence-electron chi connectivity index (χ2n) is 4.82. The van der Waals surface area contributed by atoms with Crippen molar-refractivity contribution in [2.75, 3.05) is 4.90 Å². The van der Waals surface area contributed by atoms with Crippen LogP contribution in [-0.2, 0) is 4.79 Å². The molecular formula is C15H20F3NO2. The van der Waals surface area contributed by atoms with Gasteiger partial charge in [0.25, 0.3) is 0 Å². The number of benzene rings is 1. The zero-order valence-corrected chi connectivity index (χ0v) is 12.4. The molecule has 0 heterocycles. The van der Waals surface area contributed by atoms with Gasteiger partial charge in [-0.1, -0.05) is 19.9 Å². The molecule has 0 saturated carbocycles. The van der Waals surface area contributed by atoms with Gasteiger partial charge in [0.2, 0.25) is 5.91 Å². The Kier molecular flexibility index (Phi) is 6.05. The van der Waals surface area contributed by atoms with E-state index in [1.165, 1.54) is 23.1 Å². The number of ether oxygens (including phenoxy) is 1. The summed E-state index contributed by atoms with van der Waals surface area (Å²) in [5.41, 5.74) is 0.421. The summed E-state index contributed by atoms with van der Waals surface area (Å²) in [6.45, 7) is 5.67. The molecular weight excluding hydrogens is 283 g/mol. The molecule has 1 unspecified atom stereocenters. The van der Waals surface area contributed by atoms with Gasteiger partial charge in [0.15, 0.2) is 0 Å². The average molecular weight is 303 g/mol. The van der Waals surface area contributed by atoms with Gasteiger partial charge in [-0.3, -0.25) is 4.79 Å². The number of halogens is 3. The first-order chi connectivity index (χ1) is 9.78. The summed E-state index contributed by atoms with van der Waals surface area (Å²) < 4.78 is 40.7. The molecule has 1 rings (SSSR count). The molecule has 6 heteroatoms. The predicted octanol–water partition coefficient (Wildman–Crippen LogP) is 4.52. The van der Waals surface area contributed by atoms with Gasteiger partial charge in [-0.25, -0.2) is 0 Å². The van der Waals surface area contributed by atoms with Crippen LogP contribution in [0, 0.1) is 0 Å². The molecule has 3 nitrogen and oxygen atoms in total. The van der Waals surface area contributed by atoms with E-state index in [1.807, 2.05) is 20.8 Å². The van der Waals surface area contributed by atoms with Crippen LogP contribution in [0.5, 0.6) is 5.75 Å². The average Bonchev–Trinajstić information content (AvgIpc) is 2.37. The molecule has 0 spiro atoms. The highest BCUT2D eigenvalue weighted by Gasteiger charge is 2.31. The van der Waals surface area contributed by atoms with Crippen molar-refractivity contribution >= 4 is 11.6 Å². The Morgan fingerprint density at radius 3 is 2.52 bits per heavy atom. The molecule has 118 valence electrons. The topological polar surface area (TPSA) is 29.5 Å². The van der Waals surface area contributed by atoms with E-state index < -0.39 is 6.36 Å². The monoisotopic (exact) mass is 303 g/mol. The summed E-state index contributed by atoms with van der Waals surface area (Å²) in [5.74, 6) is -0.423. The lowest BCUT2D eigenvalue weighted by atomic mass is 10.1. The number of carbonyl (C=O) groups is 1. The second-order valence-corrected chi connectivity index (χ2v) is 4.82. The van der Waals surface area contributed by atoms with E-state index in [2.05, 4.69) is 4.74 Å². The minimum atomic E-state index is -4.74. The van der Waals surface area contributed by atoms with Crippen molar-refractivity contribution in [1.29, 1.82) is 0 Å². The van der Waals surface area contributed by atoms with Crippen molar-refractivity contribution in [3.05, 3.63) is 24.3 Å². The molecule has 0 fully saturated rings. The SMILES string of the molecule is CCCC(=O)N(c1cccc(OC(F)(F)F)c1)C(C)CC. The fraction of sp³-hybridized carbons (Fsp3) is 0.533. The largest absolute Gasteiger partial charge is 0.573 e. The summed E-state index contributed by atoms with van der Waals surface area (Å²) in [7, 11) is 0. The Morgan fingerprint density at radius 2 is 2.00 bits per heavy atom. The lowest BCUT2D eigenvalue weighted by Gasteiger charge is -2.29. The standard InChI is InChI=1S/C15H20F3NO2/c1-4-7-14(20)19(11(3)5-2)12-8-6-9-13(10-12)21-15(16,17)18/h6,8-11H,4-5,7H2,1-3H3. The fourth-order valence-electron chi connectivity index (χ4n) is 1.99. The van der Waals surface area contributed by atoms with Crippen molar-refractivity contribution in [1.82, 2.24) is 0 Å². The lowest BCUT2D eigenvalue weighted by molar-refractivity contribution is -0.274. The molecule has 0 aliphatic rings. The number of amides is 1. The normalized spacial score (nSPS) is 12.9. The zero-order valence-electron chi connectivity index (χ0n) is 12.4. The molecule has 1 aromatic carbocycles. The van der Waals surface area contributed by atoms with Gasteiger partial charge < -0.3 is 9.64 Å². The summed E-state index contributed by atoms with van der Waals surface area (Å²) in [5, 5.41) is 0. The van der Waals surface area contributed by atoms with Crippen LogP contribution in [0.2, 0.25) is 0 Å². The van der Waals surface area contributed by atoms with Gasteiger partial charge in [-0.15, -0.1) is 13.2 Å². The highest BCUT2D eigenvalue weighted by molar-refractivity contribution is 5.94. The molecule has 1 aromatic rings. The third-order valence-electron chi connectivity index (χ3n) is 3.09. The Balaban J connectivity index is 3.07. The highest BCUT2D eigenvalue weighted by atomic mass is 19.4. The smallest absolute Gasteiger partial charge is 0.406 e. The highest BCUT2D eigenvalue weighted by Crippen LogP contribution is 2.28. The summed E-state index contributed by atoms with van der Waals surface area (Å²) in [6.07, 6.45) is -2.99. The maximum absolute atomic E-state index is 12.3. The maximum atomic E-state index is 12.3. The van der Waals surface area contributed by atoms with E-state index in [-0.39, 0.29) is 17.7 Å². The number of anilines is 1. The third-order valence-corrected chi connectivity index (χ3v) is 3.09. The molecule has 1 atom stereocenters. The van der Waals surface area contributed by atoms with Crippen molar-refractivity contribution < 1.29 is 22.7 Å². The summed E-state index contributed by atoms with van der Waals surface area (Å²) >= 11 is 0. The Bertz CT molecular complexity index is 474. The molecule has 0 aliphatic carbocycles. The maximum Gasteiger partial charge on any atom is 0.573 e. The lowest BCUT2D eigenvalue weighted by Crippen LogP contribution is -2.38. The molecule has 0 radical (unpaired) electrons. The first-order valence-corrected chi connectivity index (χ1v) is 6.96. The van der Waals surface area contributed by atoms with Gasteiger partial charge in [0.05, 0.1) is 0 Å². The number of nitrogens with zero attached hydrogens (tertiary/aromatic N) is 1. The summed E-state index contributed by atoms with van der Waals surface area (Å²) in [4.78, 5) is 13.7. The quantitative estimate of drug-likeness (QED) is 0.773. The van der Waals surface area contributed by atoms with Gasteiger partial charge in [-0.05, 0) is 31.9 Å². The third kappa shape index (κ3) is 5.28. The van der Waals surface area contributed by atoms with Crippen LogP contribution in [-0.4, -0.2) is 18.3 Å². The minimum absolute atomic E-state index is 0.0924. The first kappa shape index (κ1) is 17.3. The Hall–Kier alpha value is -1.72. The van der Waals surface area contributed by atoms with Crippen LogP contribution in [0.1, 0.15) is 40.0 Å². The minimum Gasteiger partial charge on any atom is -0.406 e. The number of carbonyl (C=O) groups excluding carboxylic acids is 1. The Morgan fingerprint density at radius 1 is 1.33 bits per heavy atom. The van der Waals surface area contributed by atoms with Crippen LogP contribution in [0.15, 0.2) is 24.3 Å². The van der Waals surface area contributed by atoms with Crippen molar-refractivity contribution in [3.8, 4) is 5.75 Å². The Labute approximate surface area is 122 Å². The number of hydrogen-bond acceptors (Lipinski definition) is 2. The van der Waals surface area contributed by atoms with E-state index in [0.717, 1.165) is 0 Å². The predicted molar refractivity (Wildman–Crippen MR) is 75.3 cm³/mol. The van der Waals surface area contributed by atoms with Crippen LogP contribution in [0.25, 0.3) is 0 Å². The van der Waals surface area contributed by atoms with Gasteiger partial charge in [-0.2, -0.15) is 0 Å². The van der Waals surface area contributed by atoms with Crippen LogP contribution >= 0.6 is 0 Å². The number of alkyl halides is 3. The van der Waals surface area contributed by atoms with E-state index in [1.54, 1.807) is 6.07 Å². The molecule has 1 amide bonds. The van der Waals surface area contributed by atoms with E-state index in [4.69, 9.17) is 0 Å². The van der Waals surface area contributed by atoms with Gasteiger partial charge >= 0.3 is 6.36 Å². The van der Waals surface area contributed by atoms with Crippen molar-refractivity contribution in [2.24, 2.45) is 0 Å². The molecule has 0 N–H and O–H groups in total. The summed E-state index contributed by atoms with van der Waals surface area (Å²) in [6, 6.07) is 5.43. The zero-order chi connectivity index (χ0) is 16.0. The van der Waals surface area contributed by atoms with Crippen molar-refractivity contribution in [3.63, 3.8) is 0 Å². The molecule has 0 saturated heterocycles. The van der Waals surface area contributed by atoms with Crippen LogP contribution in [0.3, 0.4) is 0 Å².